The van der Waals surface area contributed by atoms with Crippen molar-refractivity contribution in [3.05, 3.63) is 71.8 Å². The van der Waals surface area contributed by atoms with Crippen LogP contribution in [0.25, 0.3) is 5.69 Å². The summed E-state index contributed by atoms with van der Waals surface area (Å²) in [6.45, 7) is 10.1. The van der Waals surface area contributed by atoms with Crippen LogP contribution in [0.3, 0.4) is 0 Å². The summed E-state index contributed by atoms with van der Waals surface area (Å²) in [6, 6.07) is 14.1. The molecule has 1 heterocycles. The Morgan fingerprint density at radius 2 is 1.70 bits per heavy atom. The lowest BCUT2D eigenvalue weighted by molar-refractivity contribution is -0.138. The quantitative estimate of drug-likeness (QED) is 0.571. The third kappa shape index (κ3) is 4.70. The summed E-state index contributed by atoms with van der Waals surface area (Å²) in [5, 5.41) is 4.14. The number of aromatic nitrogens is 3. The van der Waals surface area contributed by atoms with Crippen LogP contribution in [0.5, 0.6) is 5.75 Å². The van der Waals surface area contributed by atoms with Crippen molar-refractivity contribution in [1.29, 1.82) is 0 Å². The minimum Gasteiger partial charge on any atom is -0.481 e. The van der Waals surface area contributed by atoms with E-state index in [0.717, 1.165) is 22.6 Å². The number of amides is 1. The summed E-state index contributed by atoms with van der Waals surface area (Å²) in [4.78, 5) is 18.7. The molecule has 0 aliphatic heterocycles. The van der Waals surface area contributed by atoms with Crippen LogP contribution in [0.1, 0.15) is 56.3 Å². The Morgan fingerprint density at radius 3 is 2.30 bits per heavy atom. The van der Waals surface area contributed by atoms with Gasteiger partial charge in [-0.2, -0.15) is 5.10 Å². The smallest absolute Gasteiger partial charge is 0.263 e. The highest BCUT2D eigenvalue weighted by Gasteiger charge is 2.24. The molecule has 1 aromatic heterocycles. The molecule has 1 amide bonds. The molecule has 6 nitrogen and oxygen atoms in total. The van der Waals surface area contributed by atoms with E-state index in [2.05, 4.69) is 30.0 Å². The van der Waals surface area contributed by atoms with Crippen molar-refractivity contribution >= 4 is 5.91 Å². The molecule has 158 valence electrons. The van der Waals surface area contributed by atoms with E-state index in [4.69, 9.17) is 4.74 Å². The maximum Gasteiger partial charge on any atom is 0.263 e. The largest absolute Gasteiger partial charge is 0.481 e. The van der Waals surface area contributed by atoms with Gasteiger partial charge in [-0.3, -0.25) is 4.79 Å². The van der Waals surface area contributed by atoms with Gasteiger partial charge in [0.05, 0.1) is 11.7 Å². The maximum absolute atomic E-state index is 13.0. The van der Waals surface area contributed by atoms with Crippen LogP contribution in [0.2, 0.25) is 0 Å². The van der Waals surface area contributed by atoms with Gasteiger partial charge in [0.15, 0.2) is 6.10 Å². The molecule has 0 fully saturated rings. The first-order valence-corrected chi connectivity index (χ1v) is 10.3. The molecular formula is C24H30N4O2. The van der Waals surface area contributed by atoms with E-state index in [9.17, 15) is 4.79 Å². The van der Waals surface area contributed by atoms with Crippen LogP contribution >= 0.6 is 0 Å². The van der Waals surface area contributed by atoms with Crippen LogP contribution in [-0.2, 0) is 4.79 Å². The lowest BCUT2D eigenvalue weighted by Crippen LogP contribution is -2.39. The molecule has 0 radical (unpaired) electrons. The van der Waals surface area contributed by atoms with Crippen LogP contribution in [0, 0.1) is 6.92 Å². The molecule has 30 heavy (non-hydrogen) atoms. The molecule has 0 aliphatic carbocycles. The van der Waals surface area contributed by atoms with Gasteiger partial charge in [-0.25, -0.2) is 9.67 Å². The highest BCUT2D eigenvalue weighted by molar-refractivity contribution is 5.81. The van der Waals surface area contributed by atoms with Crippen LogP contribution in [0.4, 0.5) is 0 Å². The second kappa shape index (κ2) is 9.11. The van der Waals surface area contributed by atoms with Gasteiger partial charge in [0.25, 0.3) is 5.91 Å². The molecule has 2 unspecified atom stereocenters. The van der Waals surface area contributed by atoms with E-state index in [1.54, 1.807) is 22.8 Å². The number of aryl methyl sites for hydroxylation is 1. The van der Waals surface area contributed by atoms with Gasteiger partial charge in [-0.05, 0) is 61.6 Å². The molecular weight excluding hydrogens is 376 g/mol. The van der Waals surface area contributed by atoms with Crippen LogP contribution in [-0.4, -0.2) is 38.7 Å². The summed E-state index contributed by atoms with van der Waals surface area (Å²) in [7, 11) is 1.82. The van der Waals surface area contributed by atoms with Gasteiger partial charge in [-0.15, -0.1) is 0 Å². The van der Waals surface area contributed by atoms with Crippen molar-refractivity contribution in [2.24, 2.45) is 0 Å². The van der Waals surface area contributed by atoms with Gasteiger partial charge < -0.3 is 9.64 Å². The number of carbonyl (C=O) groups excluding carboxylic acids is 1. The normalized spacial score (nSPS) is 13.2. The first-order chi connectivity index (χ1) is 14.3. The standard InChI is InChI=1S/C24H30N4O2/c1-16(2)21-8-7-17(3)23(13-21)30-19(5)24(29)27(6)18(4)20-9-11-22(12-10-20)28-15-25-14-26-28/h7-16,18-19H,1-6H3. The average Bonchev–Trinajstić information content (AvgIpc) is 3.28. The number of carbonyl (C=O) groups is 1. The minimum atomic E-state index is -0.576. The zero-order valence-electron chi connectivity index (χ0n) is 18.5. The summed E-state index contributed by atoms with van der Waals surface area (Å²) in [5.41, 5.74) is 4.19. The molecule has 0 bridgehead atoms. The SMILES string of the molecule is Cc1ccc(C(C)C)cc1OC(C)C(=O)N(C)C(C)c1ccc(-n2cncn2)cc1. The van der Waals surface area contributed by atoms with Crippen LogP contribution < -0.4 is 4.74 Å². The molecule has 0 saturated carbocycles. The van der Waals surface area contributed by atoms with Gasteiger partial charge >= 0.3 is 0 Å². The van der Waals surface area contributed by atoms with Gasteiger partial charge in [0, 0.05) is 7.05 Å². The predicted octanol–water partition coefficient (Wildman–Crippen LogP) is 4.69. The minimum absolute atomic E-state index is 0.0581. The Morgan fingerprint density at radius 1 is 1.03 bits per heavy atom. The summed E-state index contributed by atoms with van der Waals surface area (Å²) < 4.78 is 7.76. The van der Waals surface area contributed by atoms with Crippen molar-refractivity contribution in [3.63, 3.8) is 0 Å². The molecule has 0 N–H and O–H groups in total. The molecule has 0 aliphatic rings. The fraction of sp³-hybridized carbons (Fsp3) is 0.375. The highest BCUT2D eigenvalue weighted by Crippen LogP contribution is 2.26. The second-order valence-electron chi connectivity index (χ2n) is 8.00. The first kappa shape index (κ1) is 21.6. The lowest BCUT2D eigenvalue weighted by atomic mass is 10.0. The highest BCUT2D eigenvalue weighted by atomic mass is 16.5. The Hall–Kier alpha value is -3.15. The Labute approximate surface area is 178 Å². The number of nitrogens with zero attached hydrogens (tertiary/aromatic N) is 4. The molecule has 3 rings (SSSR count). The summed E-state index contributed by atoms with van der Waals surface area (Å²) in [5.74, 6) is 1.11. The van der Waals surface area contributed by atoms with Crippen molar-refractivity contribution in [2.45, 2.75) is 52.7 Å². The van der Waals surface area contributed by atoms with E-state index in [-0.39, 0.29) is 11.9 Å². The number of hydrogen-bond acceptors (Lipinski definition) is 4. The van der Waals surface area contributed by atoms with E-state index >= 15 is 0 Å². The molecule has 0 saturated heterocycles. The third-order valence-corrected chi connectivity index (χ3v) is 5.52. The zero-order valence-corrected chi connectivity index (χ0v) is 18.5. The monoisotopic (exact) mass is 406 g/mol. The van der Waals surface area contributed by atoms with E-state index in [1.165, 1.54) is 11.9 Å². The predicted molar refractivity (Wildman–Crippen MR) is 118 cm³/mol. The lowest BCUT2D eigenvalue weighted by Gasteiger charge is -2.28. The van der Waals surface area contributed by atoms with Crippen molar-refractivity contribution in [3.8, 4) is 11.4 Å². The van der Waals surface area contributed by atoms with Gasteiger partial charge in [-0.1, -0.05) is 38.1 Å². The van der Waals surface area contributed by atoms with E-state index in [1.807, 2.05) is 57.3 Å². The molecule has 2 atom stereocenters. The zero-order chi connectivity index (χ0) is 21.8. The second-order valence-corrected chi connectivity index (χ2v) is 8.00. The molecule has 3 aromatic rings. The molecule has 0 spiro atoms. The number of benzene rings is 2. The Kier molecular flexibility index (Phi) is 6.55. The summed E-state index contributed by atoms with van der Waals surface area (Å²) in [6.07, 6.45) is 2.58. The van der Waals surface area contributed by atoms with Gasteiger partial charge in [0.1, 0.15) is 18.4 Å². The fourth-order valence-electron chi connectivity index (χ4n) is 3.29. The van der Waals surface area contributed by atoms with E-state index in [0.29, 0.717) is 5.92 Å². The summed E-state index contributed by atoms with van der Waals surface area (Å²) >= 11 is 0. The number of ether oxygens (including phenoxy) is 1. The number of rotatable bonds is 7. The van der Waals surface area contributed by atoms with E-state index < -0.39 is 6.10 Å². The maximum atomic E-state index is 13.0. The van der Waals surface area contributed by atoms with Crippen LogP contribution in [0.15, 0.2) is 55.1 Å². The average molecular weight is 407 g/mol. The third-order valence-electron chi connectivity index (χ3n) is 5.52. The Balaban J connectivity index is 1.69. The molecule has 2 aromatic carbocycles. The number of likely N-dealkylation sites (N-methyl/N-ethyl adjacent to an activating group) is 1. The van der Waals surface area contributed by atoms with Crippen molar-refractivity contribution in [2.75, 3.05) is 7.05 Å². The molecule has 6 heteroatoms. The fourth-order valence-corrected chi connectivity index (χ4v) is 3.29. The van der Waals surface area contributed by atoms with Crippen molar-refractivity contribution in [1.82, 2.24) is 19.7 Å². The van der Waals surface area contributed by atoms with Gasteiger partial charge in [0.2, 0.25) is 0 Å². The topological polar surface area (TPSA) is 60.2 Å². The first-order valence-electron chi connectivity index (χ1n) is 10.3. The Bertz CT molecular complexity index is 981. The number of hydrogen-bond donors (Lipinski definition) is 0. The van der Waals surface area contributed by atoms with Crippen molar-refractivity contribution < 1.29 is 9.53 Å².